The molecule has 9 heteroatoms. The molecule has 0 bridgehead atoms. The lowest BCUT2D eigenvalue weighted by Crippen LogP contribution is -2.24. The van der Waals surface area contributed by atoms with Crippen molar-refractivity contribution < 1.29 is 9.47 Å². The first kappa shape index (κ1) is 24.2. The van der Waals surface area contributed by atoms with Crippen LogP contribution >= 0.6 is 35.4 Å². The number of hydrogen-bond donors (Lipinski definition) is 3. The van der Waals surface area contributed by atoms with Gasteiger partial charge in [-0.05, 0) is 53.7 Å². The summed E-state index contributed by atoms with van der Waals surface area (Å²) < 4.78 is 11.9. The van der Waals surface area contributed by atoms with E-state index in [0.29, 0.717) is 32.9 Å². The van der Waals surface area contributed by atoms with Crippen molar-refractivity contribution in [2.75, 3.05) is 12.4 Å². The number of hydrogen-bond acceptors (Lipinski definition) is 5. The first-order chi connectivity index (χ1) is 17.4. The van der Waals surface area contributed by atoms with Crippen LogP contribution in [-0.4, -0.2) is 17.1 Å². The zero-order valence-electron chi connectivity index (χ0n) is 19.1. The lowest BCUT2D eigenvalue weighted by Gasteiger charge is -2.26. The van der Waals surface area contributed by atoms with Crippen LogP contribution in [0.2, 0.25) is 10.0 Å². The number of anilines is 1. The SMILES string of the molecule is COc1cc(C2C=C(c3ccccc3)Nc3[nH]c(=S)[nH]c(=O)c32)ccc1OCc1ccc(Cl)cc1Cl. The van der Waals surface area contributed by atoms with E-state index in [9.17, 15) is 4.79 Å². The fourth-order valence-electron chi connectivity index (χ4n) is 4.16. The van der Waals surface area contributed by atoms with Gasteiger partial charge in [0.1, 0.15) is 12.4 Å². The van der Waals surface area contributed by atoms with Gasteiger partial charge in [-0.1, -0.05) is 65.7 Å². The van der Waals surface area contributed by atoms with Gasteiger partial charge in [0, 0.05) is 27.2 Å². The third-order valence-electron chi connectivity index (χ3n) is 5.91. The van der Waals surface area contributed by atoms with Gasteiger partial charge in [0.25, 0.3) is 5.56 Å². The van der Waals surface area contributed by atoms with Gasteiger partial charge < -0.3 is 19.8 Å². The molecule has 1 aromatic heterocycles. The van der Waals surface area contributed by atoms with Gasteiger partial charge in [-0.25, -0.2) is 0 Å². The molecule has 0 saturated carbocycles. The first-order valence-electron chi connectivity index (χ1n) is 11.1. The van der Waals surface area contributed by atoms with Crippen molar-refractivity contribution >= 4 is 46.9 Å². The Morgan fingerprint density at radius 2 is 1.78 bits per heavy atom. The van der Waals surface area contributed by atoms with E-state index in [2.05, 4.69) is 15.3 Å². The molecule has 1 aliphatic rings. The van der Waals surface area contributed by atoms with Crippen LogP contribution in [0.1, 0.15) is 28.2 Å². The third-order valence-corrected chi connectivity index (χ3v) is 6.70. The second-order valence-electron chi connectivity index (χ2n) is 8.18. The molecule has 0 fully saturated rings. The van der Waals surface area contributed by atoms with E-state index >= 15 is 0 Å². The molecule has 1 aliphatic heterocycles. The second kappa shape index (κ2) is 10.2. The maximum Gasteiger partial charge on any atom is 0.257 e. The van der Waals surface area contributed by atoms with Crippen LogP contribution in [-0.2, 0) is 6.61 Å². The van der Waals surface area contributed by atoms with Gasteiger partial charge in [0.15, 0.2) is 16.3 Å². The Morgan fingerprint density at radius 1 is 0.972 bits per heavy atom. The number of benzene rings is 3. The quantitative estimate of drug-likeness (QED) is 0.232. The Morgan fingerprint density at radius 3 is 2.53 bits per heavy atom. The predicted octanol–water partition coefficient (Wildman–Crippen LogP) is 6.93. The van der Waals surface area contributed by atoms with E-state index in [1.54, 1.807) is 19.2 Å². The average molecular weight is 538 g/mol. The lowest BCUT2D eigenvalue weighted by atomic mass is 9.88. The standard InChI is InChI=1S/C27H21Cl2N3O3S/c1-34-23-11-16(8-10-22(23)35-14-17-7-9-18(28)12-20(17)29)19-13-21(15-5-3-2-4-6-15)30-25-24(19)26(33)32-27(36)31-25/h2-13,19H,14H2,1H3,(H3,30,31,32,33,36). The number of fused-ring (bicyclic) bond motifs is 1. The Bertz CT molecular complexity index is 1580. The number of rotatable bonds is 6. The van der Waals surface area contributed by atoms with Crippen molar-refractivity contribution in [3.63, 3.8) is 0 Å². The largest absolute Gasteiger partial charge is 0.493 e. The first-order valence-corrected chi connectivity index (χ1v) is 12.2. The number of H-pyrrole nitrogens is 2. The zero-order chi connectivity index (χ0) is 25.2. The molecule has 0 saturated heterocycles. The minimum absolute atomic E-state index is 0.246. The van der Waals surface area contributed by atoms with Gasteiger partial charge in [-0.3, -0.25) is 9.78 Å². The molecule has 2 heterocycles. The van der Waals surface area contributed by atoms with Crippen molar-refractivity contribution in [1.82, 2.24) is 9.97 Å². The van der Waals surface area contributed by atoms with Crippen LogP contribution < -0.4 is 20.3 Å². The average Bonchev–Trinajstić information content (AvgIpc) is 2.87. The summed E-state index contributed by atoms with van der Waals surface area (Å²) in [5.74, 6) is 1.29. The van der Waals surface area contributed by atoms with Crippen LogP contribution in [0, 0.1) is 4.77 Å². The molecule has 36 heavy (non-hydrogen) atoms. The summed E-state index contributed by atoms with van der Waals surface area (Å²) >= 11 is 17.5. The summed E-state index contributed by atoms with van der Waals surface area (Å²) in [6.07, 6.45) is 2.02. The molecule has 0 aliphatic carbocycles. The minimum Gasteiger partial charge on any atom is -0.493 e. The van der Waals surface area contributed by atoms with Crippen LogP contribution in [0.3, 0.4) is 0 Å². The molecule has 182 valence electrons. The fourth-order valence-corrected chi connectivity index (χ4v) is 4.82. The van der Waals surface area contributed by atoms with E-state index in [4.69, 9.17) is 44.9 Å². The molecule has 5 rings (SSSR count). The number of methoxy groups -OCH3 is 1. The van der Waals surface area contributed by atoms with E-state index in [-0.39, 0.29) is 22.9 Å². The number of halogens is 2. The molecule has 3 aromatic carbocycles. The summed E-state index contributed by atoms with van der Waals surface area (Å²) in [6, 6.07) is 20.8. The van der Waals surface area contributed by atoms with Crippen LogP contribution in [0.25, 0.3) is 5.70 Å². The van der Waals surface area contributed by atoms with E-state index in [1.807, 2.05) is 60.7 Å². The zero-order valence-corrected chi connectivity index (χ0v) is 21.4. The van der Waals surface area contributed by atoms with Crippen molar-refractivity contribution in [1.29, 1.82) is 0 Å². The Labute approximate surface area is 222 Å². The number of nitrogens with one attached hydrogen (secondary N) is 3. The second-order valence-corrected chi connectivity index (χ2v) is 9.43. The summed E-state index contributed by atoms with van der Waals surface area (Å²) in [7, 11) is 1.58. The minimum atomic E-state index is -0.360. The molecule has 1 atom stereocenters. The van der Waals surface area contributed by atoms with Gasteiger partial charge in [0.05, 0.1) is 12.7 Å². The van der Waals surface area contributed by atoms with Crippen molar-refractivity contribution in [3.8, 4) is 11.5 Å². The van der Waals surface area contributed by atoms with Crippen LogP contribution in [0.15, 0.2) is 77.6 Å². The molecule has 0 radical (unpaired) electrons. The highest BCUT2D eigenvalue weighted by Crippen LogP contribution is 2.39. The Balaban J connectivity index is 1.53. The number of ether oxygens (including phenoxy) is 2. The van der Waals surface area contributed by atoms with Gasteiger partial charge in [-0.2, -0.15) is 0 Å². The molecule has 4 aromatic rings. The highest BCUT2D eigenvalue weighted by atomic mass is 35.5. The van der Waals surface area contributed by atoms with Crippen molar-refractivity contribution in [3.05, 3.63) is 120 Å². The lowest BCUT2D eigenvalue weighted by molar-refractivity contribution is 0.284. The maximum absolute atomic E-state index is 13.0. The third kappa shape index (κ3) is 4.91. The molecular weight excluding hydrogens is 517 g/mol. The van der Waals surface area contributed by atoms with Crippen LogP contribution in [0.5, 0.6) is 11.5 Å². The van der Waals surface area contributed by atoms with E-state index < -0.39 is 0 Å². The number of aromatic amines is 2. The molecule has 1 unspecified atom stereocenters. The van der Waals surface area contributed by atoms with Gasteiger partial charge in [-0.15, -0.1) is 0 Å². The van der Waals surface area contributed by atoms with Gasteiger partial charge >= 0.3 is 0 Å². The van der Waals surface area contributed by atoms with Gasteiger partial charge in [0.2, 0.25) is 0 Å². The molecular formula is C27H21Cl2N3O3S. The molecule has 0 amide bonds. The summed E-state index contributed by atoms with van der Waals surface area (Å²) in [5, 5.41) is 4.41. The topological polar surface area (TPSA) is 79.1 Å². The normalized spacial score (nSPS) is 14.4. The highest BCUT2D eigenvalue weighted by Gasteiger charge is 2.27. The van der Waals surface area contributed by atoms with E-state index in [1.165, 1.54) is 0 Å². The molecule has 3 N–H and O–H groups in total. The number of aromatic nitrogens is 2. The summed E-state index contributed by atoms with van der Waals surface area (Å²) in [6.45, 7) is 0.246. The smallest absolute Gasteiger partial charge is 0.257 e. The Hall–Kier alpha value is -3.52. The van der Waals surface area contributed by atoms with Crippen molar-refractivity contribution in [2.24, 2.45) is 0 Å². The molecule has 6 nitrogen and oxygen atoms in total. The summed E-state index contributed by atoms with van der Waals surface area (Å²) in [5.41, 5.74) is 3.78. The fraction of sp³-hybridized carbons (Fsp3) is 0.111. The molecule has 0 spiro atoms. The number of allylic oxidation sites excluding steroid dienone is 1. The maximum atomic E-state index is 13.0. The van der Waals surface area contributed by atoms with Crippen molar-refractivity contribution in [2.45, 2.75) is 12.5 Å². The Kier molecular flexibility index (Phi) is 6.87. The van der Waals surface area contributed by atoms with Crippen LogP contribution in [0.4, 0.5) is 5.82 Å². The predicted molar refractivity (Wildman–Crippen MR) is 146 cm³/mol. The summed E-state index contributed by atoms with van der Waals surface area (Å²) in [4.78, 5) is 18.7. The highest BCUT2D eigenvalue weighted by molar-refractivity contribution is 7.71. The van der Waals surface area contributed by atoms with E-state index in [0.717, 1.165) is 22.4 Å². The monoisotopic (exact) mass is 537 g/mol.